The van der Waals surface area contributed by atoms with Crippen molar-refractivity contribution in [3.63, 3.8) is 0 Å². The van der Waals surface area contributed by atoms with Crippen LogP contribution < -0.4 is 14.4 Å². The predicted molar refractivity (Wildman–Crippen MR) is 108 cm³/mol. The molecule has 0 radical (unpaired) electrons. The van der Waals surface area contributed by atoms with Gasteiger partial charge in [-0.15, -0.1) is 0 Å². The van der Waals surface area contributed by atoms with Crippen molar-refractivity contribution in [2.45, 2.75) is 19.9 Å². The topological polar surface area (TPSA) is 59.1 Å². The molecule has 2 aromatic carbocycles. The van der Waals surface area contributed by atoms with Crippen molar-refractivity contribution in [3.8, 4) is 11.5 Å². The van der Waals surface area contributed by atoms with Crippen molar-refractivity contribution in [2.75, 3.05) is 31.2 Å². The van der Waals surface area contributed by atoms with Gasteiger partial charge in [0.25, 0.3) is 5.91 Å². The molecule has 0 aliphatic carbocycles. The van der Waals surface area contributed by atoms with Crippen LogP contribution >= 0.6 is 11.6 Å². The molecule has 1 unspecified atom stereocenters. The number of hydrogen-bond donors (Lipinski definition) is 0. The third kappa shape index (κ3) is 4.39. The summed E-state index contributed by atoms with van der Waals surface area (Å²) >= 11 is 5.84. The summed E-state index contributed by atoms with van der Waals surface area (Å²) in [5.41, 5.74) is 0.728. The van der Waals surface area contributed by atoms with Crippen LogP contribution in [0.1, 0.15) is 13.8 Å². The van der Waals surface area contributed by atoms with Crippen molar-refractivity contribution in [3.05, 3.63) is 53.6 Å². The molecule has 28 heavy (non-hydrogen) atoms. The van der Waals surface area contributed by atoms with E-state index in [0.29, 0.717) is 36.2 Å². The summed E-state index contributed by atoms with van der Waals surface area (Å²) < 4.78 is 11.2. The number of hydrogen-bond acceptors (Lipinski definition) is 4. The Morgan fingerprint density at radius 2 is 1.82 bits per heavy atom. The number of carbonyl (C=O) groups excluding carboxylic acids is 2. The molecule has 148 valence electrons. The van der Waals surface area contributed by atoms with Crippen LogP contribution in [0, 0.1) is 0 Å². The fourth-order valence-electron chi connectivity index (χ4n) is 3.17. The van der Waals surface area contributed by atoms with Gasteiger partial charge >= 0.3 is 0 Å². The molecule has 1 aliphatic heterocycles. The number of amides is 2. The second-order valence-electron chi connectivity index (χ2n) is 6.40. The number of anilines is 1. The van der Waals surface area contributed by atoms with Gasteiger partial charge in [0.15, 0.2) is 6.61 Å². The van der Waals surface area contributed by atoms with Gasteiger partial charge in [-0.05, 0) is 50.2 Å². The summed E-state index contributed by atoms with van der Waals surface area (Å²) in [4.78, 5) is 28.7. The molecule has 0 aromatic heterocycles. The van der Waals surface area contributed by atoms with Gasteiger partial charge in [-0.25, -0.2) is 0 Å². The third-order valence-electron chi connectivity index (χ3n) is 4.61. The zero-order valence-corrected chi connectivity index (χ0v) is 16.7. The molecular formula is C21H23ClN2O4. The molecule has 0 saturated carbocycles. The average Bonchev–Trinajstić information content (AvgIpc) is 2.70. The molecule has 0 spiro atoms. The molecule has 0 bridgehead atoms. The number of nitrogens with zero attached hydrogens (tertiary/aromatic N) is 2. The van der Waals surface area contributed by atoms with Crippen LogP contribution in [0.25, 0.3) is 0 Å². The number of ether oxygens (including phenoxy) is 2. The quantitative estimate of drug-likeness (QED) is 0.743. The van der Waals surface area contributed by atoms with E-state index in [4.69, 9.17) is 21.1 Å². The van der Waals surface area contributed by atoms with E-state index in [1.54, 1.807) is 41.0 Å². The zero-order valence-electron chi connectivity index (χ0n) is 15.9. The molecule has 1 saturated heterocycles. The molecule has 1 atom stereocenters. The van der Waals surface area contributed by atoms with E-state index in [-0.39, 0.29) is 18.4 Å². The molecule has 3 rings (SSSR count). The highest BCUT2D eigenvalue weighted by Gasteiger charge is 2.36. The maximum atomic E-state index is 12.9. The maximum Gasteiger partial charge on any atom is 0.261 e. The van der Waals surface area contributed by atoms with Crippen molar-refractivity contribution in [1.29, 1.82) is 0 Å². The zero-order chi connectivity index (χ0) is 20.1. The van der Waals surface area contributed by atoms with Crippen molar-refractivity contribution in [2.24, 2.45) is 0 Å². The molecular weight excluding hydrogens is 380 g/mol. The Morgan fingerprint density at radius 1 is 1.11 bits per heavy atom. The molecule has 7 heteroatoms. The molecule has 0 N–H and O–H groups in total. The average molecular weight is 403 g/mol. The van der Waals surface area contributed by atoms with E-state index >= 15 is 0 Å². The van der Waals surface area contributed by atoms with Gasteiger partial charge in [0.2, 0.25) is 5.91 Å². The molecule has 6 nitrogen and oxygen atoms in total. The highest BCUT2D eigenvalue weighted by atomic mass is 35.5. The van der Waals surface area contributed by atoms with Gasteiger partial charge in [-0.1, -0.05) is 23.7 Å². The van der Waals surface area contributed by atoms with Crippen LogP contribution in [0.5, 0.6) is 11.5 Å². The van der Waals surface area contributed by atoms with Crippen LogP contribution in [-0.4, -0.2) is 49.1 Å². The fraction of sp³-hybridized carbons (Fsp3) is 0.333. The lowest BCUT2D eigenvalue weighted by Crippen LogP contribution is -2.58. The van der Waals surface area contributed by atoms with Gasteiger partial charge in [0.1, 0.15) is 17.5 Å². The van der Waals surface area contributed by atoms with Crippen molar-refractivity contribution in [1.82, 2.24) is 4.90 Å². The number of halogens is 1. The Labute approximate surface area is 169 Å². The first-order valence-corrected chi connectivity index (χ1v) is 9.60. The van der Waals surface area contributed by atoms with Crippen molar-refractivity contribution >= 4 is 29.1 Å². The van der Waals surface area contributed by atoms with Crippen LogP contribution in [0.2, 0.25) is 5.02 Å². The van der Waals surface area contributed by atoms with E-state index in [1.165, 1.54) is 0 Å². The monoisotopic (exact) mass is 402 g/mol. The largest absolute Gasteiger partial charge is 0.492 e. The summed E-state index contributed by atoms with van der Waals surface area (Å²) in [5.74, 6) is 0.851. The van der Waals surface area contributed by atoms with Crippen molar-refractivity contribution < 1.29 is 19.1 Å². The molecule has 2 aromatic rings. The van der Waals surface area contributed by atoms with Gasteiger partial charge < -0.3 is 19.3 Å². The number of rotatable bonds is 6. The number of para-hydroxylation sites is 2. The van der Waals surface area contributed by atoms with Crippen LogP contribution in [0.15, 0.2) is 48.5 Å². The maximum absolute atomic E-state index is 12.9. The highest BCUT2D eigenvalue weighted by molar-refractivity contribution is 6.30. The first kappa shape index (κ1) is 20.0. The summed E-state index contributed by atoms with van der Waals surface area (Å²) in [6.07, 6.45) is 0. The van der Waals surface area contributed by atoms with Gasteiger partial charge in [0, 0.05) is 18.1 Å². The van der Waals surface area contributed by atoms with Crippen LogP contribution in [0.3, 0.4) is 0 Å². The lowest BCUT2D eigenvalue weighted by atomic mass is 10.1. The summed E-state index contributed by atoms with van der Waals surface area (Å²) in [5, 5.41) is 0.598. The number of piperazine rings is 1. The first-order chi connectivity index (χ1) is 13.5. The number of benzene rings is 2. The van der Waals surface area contributed by atoms with Crippen LogP contribution in [-0.2, 0) is 9.59 Å². The van der Waals surface area contributed by atoms with E-state index in [9.17, 15) is 9.59 Å². The normalized spacial score (nSPS) is 16.8. The summed E-state index contributed by atoms with van der Waals surface area (Å²) in [6, 6.07) is 13.7. The number of carbonyl (C=O) groups is 2. The second-order valence-corrected chi connectivity index (χ2v) is 6.83. The minimum atomic E-state index is -0.579. The van der Waals surface area contributed by atoms with Gasteiger partial charge in [-0.2, -0.15) is 0 Å². The SMILES string of the molecule is CCOc1ccccc1N1CCN(C(=O)COc2ccc(Cl)cc2)C(C)C1=O. The highest BCUT2D eigenvalue weighted by Crippen LogP contribution is 2.30. The molecule has 1 heterocycles. The Bertz CT molecular complexity index is 841. The van der Waals surface area contributed by atoms with E-state index < -0.39 is 6.04 Å². The Kier molecular flexibility index (Phi) is 6.41. The molecule has 1 aliphatic rings. The van der Waals surface area contributed by atoms with Gasteiger partial charge in [0.05, 0.1) is 12.3 Å². The lowest BCUT2D eigenvalue weighted by Gasteiger charge is -2.39. The Hall–Kier alpha value is -2.73. The van der Waals surface area contributed by atoms with E-state index in [2.05, 4.69) is 0 Å². The minimum Gasteiger partial charge on any atom is -0.492 e. The summed E-state index contributed by atoms with van der Waals surface area (Å²) in [6.45, 7) is 4.85. The lowest BCUT2D eigenvalue weighted by molar-refractivity contribution is -0.142. The standard InChI is InChI=1S/C21H23ClN2O4/c1-3-27-19-7-5-4-6-18(19)24-13-12-23(15(2)21(24)26)20(25)14-28-17-10-8-16(22)9-11-17/h4-11,15H,3,12-14H2,1-2H3. The van der Waals surface area contributed by atoms with E-state index in [0.717, 1.165) is 5.69 Å². The Balaban J connectivity index is 1.65. The van der Waals surface area contributed by atoms with Crippen LogP contribution in [0.4, 0.5) is 5.69 Å². The predicted octanol–water partition coefficient (Wildman–Crippen LogP) is 3.38. The van der Waals surface area contributed by atoms with E-state index in [1.807, 2.05) is 31.2 Å². The third-order valence-corrected chi connectivity index (χ3v) is 4.86. The smallest absolute Gasteiger partial charge is 0.261 e. The molecule has 1 fully saturated rings. The summed E-state index contributed by atoms with van der Waals surface area (Å²) in [7, 11) is 0. The van der Waals surface area contributed by atoms with Gasteiger partial charge in [-0.3, -0.25) is 9.59 Å². The fourth-order valence-corrected chi connectivity index (χ4v) is 3.29. The molecule has 2 amide bonds. The second kappa shape index (κ2) is 8.97. The minimum absolute atomic E-state index is 0.130. The first-order valence-electron chi connectivity index (χ1n) is 9.22. The Morgan fingerprint density at radius 3 is 2.54 bits per heavy atom.